The normalized spacial score (nSPS) is 18.6. The van der Waals surface area contributed by atoms with E-state index < -0.39 is 5.91 Å². The summed E-state index contributed by atoms with van der Waals surface area (Å²) in [5.74, 6) is 1.04. The van der Waals surface area contributed by atoms with E-state index in [4.69, 9.17) is 17.2 Å². The number of rotatable bonds is 12. The van der Waals surface area contributed by atoms with E-state index in [1.54, 1.807) is 18.6 Å². The Balaban J connectivity index is 0.000000195. The molecule has 4 aromatic heterocycles. The smallest absolute Gasteiger partial charge is 0.254 e. The molecule has 4 heterocycles. The summed E-state index contributed by atoms with van der Waals surface area (Å²) in [4.78, 5) is 43.0. The molecule has 8 rings (SSSR count). The van der Waals surface area contributed by atoms with Crippen LogP contribution < -0.4 is 38.5 Å². The second-order valence-electron chi connectivity index (χ2n) is 14.5. The molecule has 1 amide bonds. The predicted molar refractivity (Wildman–Crippen MR) is 231 cm³/mol. The van der Waals surface area contributed by atoms with Crippen LogP contribution in [-0.4, -0.2) is 75.4 Å². The average Bonchev–Trinajstić information content (AvgIpc) is 3.97. The minimum absolute atomic E-state index is 0. The highest BCUT2D eigenvalue weighted by atomic mass is 16.1. The number of hydrogen-bond donors (Lipinski definition) is 7. The van der Waals surface area contributed by atoms with Crippen molar-refractivity contribution in [3.8, 4) is 11.4 Å². The molecule has 2 saturated carbocycles. The van der Waals surface area contributed by atoms with Gasteiger partial charge in [-0.3, -0.25) is 9.59 Å². The van der Waals surface area contributed by atoms with Gasteiger partial charge in [0, 0.05) is 66.0 Å². The van der Waals surface area contributed by atoms with E-state index in [1.807, 2.05) is 77.6 Å². The van der Waals surface area contributed by atoms with Crippen molar-refractivity contribution in [3.05, 3.63) is 109 Å². The molecule has 2 aliphatic carbocycles. The standard InChI is InChI=1S/C21H25N7O.C20H24N8O.CH4/c22-17-5-1-2-6-18(17)26-21-24-13-16(19(23)29)20(27-21)25-14-7-9-15(10-8-14)28-11-3-4-12-28;1-13(29)16-12-22-20(26-18-5-3-2-4-17(18)21)27-19(16)25-14-6-8-15(9-7-14)28-23-10-11-24-28;/h3-4,7-13,17-18H,1-2,5-6,22H2,(H2,23,29)(H2,24,25,26,27);6-12,17-18H,2-5,21H2,1H3,(H2,22,25,26,27);1H4/t2*17-,18+;/m00./s1. The van der Waals surface area contributed by atoms with E-state index in [2.05, 4.69) is 51.4 Å². The molecule has 17 nitrogen and oxygen atoms in total. The highest BCUT2D eigenvalue weighted by Gasteiger charge is 2.24. The van der Waals surface area contributed by atoms with E-state index in [0.29, 0.717) is 29.1 Å². The predicted octanol–water partition coefficient (Wildman–Crippen LogP) is 6.11. The summed E-state index contributed by atoms with van der Waals surface area (Å²) in [7, 11) is 0. The zero-order valence-electron chi connectivity index (χ0n) is 32.3. The third-order valence-corrected chi connectivity index (χ3v) is 10.3. The van der Waals surface area contributed by atoms with Crippen molar-refractivity contribution >= 4 is 46.6 Å². The molecular formula is C42H53N15O2. The van der Waals surface area contributed by atoms with Crippen molar-refractivity contribution in [2.75, 3.05) is 21.3 Å². The molecule has 0 bridgehead atoms. The third-order valence-electron chi connectivity index (χ3n) is 10.3. The fraction of sp³-hybridized carbons (Fsp3) is 0.333. The fourth-order valence-electron chi connectivity index (χ4n) is 7.06. The molecule has 2 aliphatic rings. The maximum atomic E-state index is 12.0. The molecule has 0 aliphatic heterocycles. The molecular weight excluding hydrogens is 747 g/mol. The number of amides is 1. The Labute approximate surface area is 343 Å². The Morgan fingerprint density at radius 3 is 1.59 bits per heavy atom. The number of benzene rings is 2. The van der Waals surface area contributed by atoms with Crippen molar-refractivity contribution in [2.45, 2.75) is 89.9 Å². The van der Waals surface area contributed by atoms with Crippen molar-refractivity contribution in [1.82, 2.24) is 39.5 Å². The molecule has 4 atom stereocenters. The van der Waals surface area contributed by atoms with Gasteiger partial charge in [0.05, 0.1) is 23.6 Å². The van der Waals surface area contributed by atoms with Gasteiger partial charge in [0.1, 0.15) is 17.2 Å². The summed E-state index contributed by atoms with van der Waals surface area (Å²) in [5.41, 5.74) is 22.1. The molecule has 0 radical (unpaired) electrons. The van der Waals surface area contributed by atoms with Crippen LogP contribution >= 0.6 is 0 Å². The minimum atomic E-state index is -0.586. The highest BCUT2D eigenvalue weighted by Crippen LogP contribution is 2.26. The molecule has 2 fully saturated rings. The lowest BCUT2D eigenvalue weighted by atomic mass is 9.91. The number of Topliss-reactive ketones (excluding diaryl/α,β-unsaturated/α-hetero) is 1. The number of aromatic nitrogens is 8. The average molecular weight is 800 g/mol. The number of nitrogens with one attached hydrogen (secondary N) is 4. The van der Waals surface area contributed by atoms with Crippen LogP contribution in [0.2, 0.25) is 0 Å². The molecule has 59 heavy (non-hydrogen) atoms. The molecule has 0 saturated heterocycles. The van der Waals surface area contributed by atoms with Crippen LogP contribution in [0.4, 0.5) is 34.9 Å². The van der Waals surface area contributed by atoms with Gasteiger partial charge in [-0.05, 0) is 93.3 Å². The topological polar surface area (TPSA) is 248 Å². The van der Waals surface area contributed by atoms with Crippen LogP contribution in [0, 0.1) is 0 Å². The first kappa shape index (κ1) is 41.9. The fourth-order valence-corrected chi connectivity index (χ4v) is 7.06. The SMILES string of the molecule is C.CC(=O)c1cnc(N[C@@H]2CCCC[C@@H]2N)nc1Nc1ccc(-n2nccn2)cc1.NC(=O)c1cnc(N[C@@H]2CCCC[C@@H]2N)nc1Nc1ccc(-n2cccc2)cc1. The number of hydrogen-bond acceptors (Lipinski definition) is 14. The van der Waals surface area contributed by atoms with Gasteiger partial charge in [0.15, 0.2) is 5.78 Å². The Hall–Kier alpha value is -6.72. The van der Waals surface area contributed by atoms with Crippen molar-refractivity contribution in [1.29, 1.82) is 0 Å². The van der Waals surface area contributed by atoms with E-state index in [-0.39, 0.29) is 42.9 Å². The lowest BCUT2D eigenvalue weighted by molar-refractivity contribution is 0.0996. The number of nitrogens with zero attached hydrogens (tertiary/aromatic N) is 8. The third kappa shape index (κ3) is 10.8. The zero-order valence-corrected chi connectivity index (χ0v) is 32.3. The van der Waals surface area contributed by atoms with Gasteiger partial charge < -0.3 is 43.0 Å². The molecule has 308 valence electrons. The monoisotopic (exact) mass is 799 g/mol. The van der Waals surface area contributed by atoms with E-state index in [1.165, 1.54) is 17.9 Å². The summed E-state index contributed by atoms with van der Waals surface area (Å²) >= 11 is 0. The molecule has 0 unspecified atom stereocenters. The first-order chi connectivity index (χ1) is 28.2. The van der Waals surface area contributed by atoms with Crippen molar-refractivity contribution in [3.63, 3.8) is 0 Å². The van der Waals surface area contributed by atoms with Gasteiger partial charge in [0.25, 0.3) is 5.91 Å². The Morgan fingerprint density at radius 2 is 1.12 bits per heavy atom. The van der Waals surface area contributed by atoms with E-state index in [9.17, 15) is 9.59 Å². The summed E-state index contributed by atoms with van der Waals surface area (Å²) in [6.07, 6.45) is 18.7. The maximum absolute atomic E-state index is 12.0. The first-order valence-corrected chi connectivity index (χ1v) is 19.5. The molecule has 17 heteroatoms. The lowest BCUT2D eigenvalue weighted by Gasteiger charge is -2.29. The summed E-state index contributed by atoms with van der Waals surface area (Å²) < 4.78 is 2.01. The highest BCUT2D eigenvalue weighted by molar-refractivity contribution is 5.99. The number of primary amides is 1. The second kappa shape index (κ2) is 19.6. The van der Waals surface area contributed by atoms with Gasteiger partial charge >= 0.3 is 0 Å². The van der Waals surface area contributed by atoms with Gasteiger partial charge in [0.2, 0.25) is 11.9 Å². The van der Waals surface area contributed by atoms with E-state index >= 15 is 0 Å². The Morgan fingerprint density at radius 1 is 0.661 bits per heavy atom. The number of nitrogens with two attached hydrogens (primary N) is 3. The number of carbonyl (C=O) groups excluding carboxylic acids is 2. The minimum Gasteiger partial charge on any atom is -0.365 e. The largest absolute Gasteiger partial charge is 0.365 e. The van der Waals surface area contributed by atoms with Crippen LogP contribution in [-0.2, 0) is 0 Å². The Bertz CT molecular complexity index is 2100. The first-order valence-electron chi connectivity index (χ1n) is 19.5. The maximum Gasteiger partial charge on any atom is 0.254 e. The molecule has 6 aromatic rings. The second-order valence-corrected chi connectivity index (χ2v) is 14.5. The summed E-state index contributed by atoms with van der Waals surface area (Å²) in [6, 6.07) is 19.7. The number of carbonyl (C=O) groups is 2. The van der Waals surface area contributed by atoms with Crippen LogP contribution in [0.15, 0.2) is 97.8 Å². The van der Waals surface area contributed by atoms with Crippen molar-refractivity contribution < 1.29 is 9.59 Å². The Kier molecular flexibility index (Phi) is 13.9. The zero-order chi connectivity index (χ0) is 40.4. The van der Waals surface area contributed by atoms with Crippen LogP contribution in [0.1, 0.15) is 86.4 Å². The van der Waals surface area contributed by atoms with Crippen LogP contribution in [0.25, 0.3) is 11.4 Å². The van der Waals surface area contributed by atoms with Gasteiger partial charge in [-0.25, -0.2) is 9.97 Å². The quantitative estimate of drug-likeness (QED) is 0.0690. The van der Waals surface area contributed by atoms with Crippen LogP contribution in [0.5, 0.6) is 0 Å². The van der Waals surface area contributed by atoms with E-state index in [0.717, 1.165) is 74.1 Å². The summed E-state index contributed by atoms with van der Waals surface area (Å²) in [6.45, 7) is 1.50. The van der Waals surface area contributed by atoms with Gasteiger partial charge in [-0.15, -0.1) is 0 Å². The molecule has 0 spiro atoms. The lowest BCUT2D eigenvalue weighted by Crippen LogP contribution is -2.43. The van der Waals surface area contributed by atoms with Crippen molar-refractivity contribution in [2.24, 2.45) is 17.2 Å². The van der Waals surface area contributed by atoms with Gasteiger partial charge in [-0.2, -0.15) is 25.0 Å². The molecule has 2 aromatic carbocycles. The molecule has 10 N–H and O–H groups in total. The summed E-state index contributed by atoms with van der Waals surface area (Å²) in [5, 5.41) is 21.3. The number of anilines is 6. The van der Waals surface area contributed by atoms with Gasteiger partial charge in [-0.1, -0.05) is 33.1 Å². The van der Waals surface area contributed by atoms with Crippen LogP contribution in [0.3, 0.4) is 0 Å². The number of ketones is 1.